The molecule has 0 unspecified atom stereocenters. The third-order valence-electron chi connectivity index (χ3n) is 1.71. The summed E-state index contributed by atoms with van der Waals surface area (Å²) in [5.74, 6) is -0.519. The SMILES string of the molecule is Cc1cc(C#N)cc(F)c1CO. The molecule has 0 bridgehead atoms. The second-order valence-electron chi connectivity index (χ2n) is 2.52. The Morgan fingerprint density at radius 2 is 2.25 bits per heavy atom. The average Bonchev–Trinajstić information content (AvgIpc) is 2.03. The highest BCUT2D eigenvalue weighted by atomic mass is 19.1. The highest BCUT2D eigenvalue weighted by Crippen LogP contribution is 2.15. The summed E-state index contributed by atoms with van der Waals surface area (Å²) in [7, 11) is 0. The van der Waals surface area contributed by atoms with Gasteiger partial charge in [0.05, 0.1) is 18.2 Å². The molecule has 0 aliphatic rings. The Bertz CT molecular complexity index is 318. The minimum atomic E-state index is -0.519. The third kappa shape index (κ3) is 1.44. The number of nitrogens with zero attached hydrogens (tertiary/aromatic N) is 1. The quantitative estimate of drug-likeness (QED) is 0.685. The van der Waals surface area contributed by atoms with Crippen LogP contribution in [0.2, 0.25) is 0 Å². The first-order chi connectivity index (χ1) is 5.69. The molecule has 0 spiro atoms. The molecule has 1 rings (SSSR count). The Morgan fingerprint density at radius 3 is 2.67 bits per heavy atom. The lowest BCUT2D eigenvalue weighted by atomic mass is 10.1. The Kier molecular flexibility index (Phi) is 2.41. The molecule has 3 heteroatoms. The summed E-state index contributed by atoms with van der Waals surface area (Å²) >= 11 is 0. The lowest BCUT2D eigenvalue weighted by Gasteiger charge is -2.03. The molecule has 0 saturated heterocycles. The minimum Gasteiger partial charge on any atom is -0.392 e. The summed E-state index contributed by atoms with van der Waals surface area (Å²) in [6, 6.07) is 4.51. The molecule has 0 aromatic heterocycles. The second-order valence-corrected chi connectivity index (χ2v) is 2.52. The molecule has 0 heterocycles. The number of hydrogen-bond acceptors (Lipinski definition) is 2. The van der Waals surface area contributed by atoms with Gasteiger partial charge in [0.2, 0.25) is 0 Å². The molecule has 1 aromatic carbocycles. The van der Waals surface area contributed by atoms with Crippen LogP contribution in [0.3, 0.4) is 0 Å². The summed E-state index contributed by atoms with van der Waals surface area (Å²) in [6.07, 6.45) is 0. The number of aliphatic hydroxyl groups is 1. The molecule has 0 saturated carbocycles. The van der Waals surface area contributed by atoms with E-state index in [-0.39, 0.29) is 17.7 Å². The van der Waals surface area contributed by atoms with Crippen molar-refractivity contribution in [2.75, 3.05) is 0 Å². The first-order valence-electron chi connectivity index (χ1n) is 3.49. The fraction of sp³-hybridized carbons (Fsp3) is 0.222. The highest BCUT2D eigenvalue weighted by molar-refractivity contribution is 5.38. The Labute approximate surface area is 69.9 Å². The van der Waals surface area contributed by atoms with Crippen molar-refractivity contribution in [1.29, 1.82) is 5.26 Å². The van der Waals surface area contributed by atoms with E-state index >= 15 is 0 Å². The Hall–Kier alpha value is -1.40. The monoisotopic (exact) mass is 165 g/mol. The van der Waals surface area contributed by atoms with Crippen molar-refractivity contribution in [2.45, 2.75) is 13.5 Å². The second kappa shape index (κ2) is 3.33. The van der Waals surface area contributed by atoms with Crippen LogP contribution in [0.4, 0.5) is 4.39 Å². The smallest absolute Gasteiger partial charge is 0.130 e. The first-order valence-corrected chi connectivity index (χ1v) is 3.49. The van der Waals surface area contributed by atoms with Gasteiger partial charge in [-0.3, -0.25) is 0 Å². The van der Waals surface area contributed by atoms with E-state index < -0.39 is 5.82 Å². The summed E-state index contributed by atoms with van der Waals surface area (Å²) in [5, 5.41) is 17.2. The zero-order chi connectivity index (χ0) is 9.14. The maximum absolute atomic E-state index is 13.0. The topological polar surface area (TPSA) is 44.0 Å². The van der Waals surface area contributed by atoms with Crippen LogP contribution >= 0.6 is 0 Å². The van der Waals surface area contributed by atoms with E-state index in [0.29, 0.717) is 5.56 Å². The highest BCUT2D eigenvalue weighted by Gasteiger charge is 2.05. The van der Waals surface area contributed by atoms with Gasteiger partial charge in [-0.1, -0.05) is 0 Å². The number of nitriles is 1. The number of rotatable bonds is 1. The van der Waals surface area contributed by atoms with Crippen LogP contribution in [0.1, 0.15) is 16.7 Å². The van der Waals surface area contributed by atoms with Crippen molar-refractivity contribution in [2.24, 2.45) is 0 Å². The van der Waals surface area contributed by atoms with Gasteiger partial charge in [-0.2, -0.15) is 5.26 Å². The van der Waals surface area contributed by atoms with Gasteiger partial charge in [0.15, 0.2) is 0 Å². The van der Waals surface area contributed by atoms with Gasteiger partial charge in [0, 0.05) is 5.56 Å². The van der Waals surface area contributed by atoms with Crippen LogP contribution in [0, 0.1) is 24.1 Å². The molecular formula is C9H8FNO. The Balaban J connectivity index is 3.30. The van der Waals surface area contributed by atoms with Crippen molar-refractivity contribution in [3.8, 4) is 6.07 Å². The Morgan fingerprint density at radius 1 is 1.58 bits per heavy atom. The van der Waals surface area contributed by atoms with Gasteiger partial charge in [0.1, 0.15) is 5.82 Å². The van der Waals surface area contributed by atoms with Crippen LogP contribution in [-0.4, -0.2) is 5.11 Å². The molecule has 2 nitrogen and oxygen atoms in total. The van der Waals surface area contributed by atoms with E-state index in [1.807, 2.05) is 6.07 Å². The summed E-state index contributed by atoms with van der Waals surface area (Å²) in [4.78, 5) is 0. The molecule has 62 valence electrons. The predicted molar refractivity (Wildman–Crippen MR) is 41.8 cm³/mol. The number of hydrogen-bond donors (Lipinski definition) is 1. The molecule has 0 aliphatic heterocycles. The van der Waals surface area contributed by atoms with Crippen molar-refractivity contribution in [3.05, 3.63) is 34.6 Å². The molecule has 0 atom stereocenters. The number of halogens is 1. The molecule has 0 amide bonds. The lowest BCUT2D eigenvalue weighted by molar-refractivity contribution is 0.275. The minimum absolute atomic E-state index is 0.258. The van der Waals surface area contributed by atoms with Gasteiger partial charge < -0.3 is 5.11 Å². The van der Waals surface area contributed by atoms with Crippen molar-refractivity contribution in [1.82, 2.24) is 0 Å². The molecule has 1 N–H and O–H groups in total. The van der Waals surface area contributed by atoms with Crippen LogP contribution in [0.25, 0.3) is 0 Å². The standard InChI is InChI=1S/C9H8FNO/c1-6-2-7(4-11)3-9(10)8(6)5-12/h2-3,12H,5H2,1H3. The van der Waals surface area contributed by atoms with Crippen LogP contribution in [0.5, 0.6) is 0 Å². The van der Waals surface area contributed by atoms with Gasteiger partial charge in [0.25, 0.3) is 0 Å². The fourth-order valence-corrected chi connectivity index (χ4v) is 1.04. The van der Waals surface area contributed by atoms with Gasteiger partial charge in [-0.15, -0.1) is 0 Å². The average molecular weight is 165 g/mol. The summed E-state index contributed by atoms with van der Waals surface area (Å²) in [6.45, 7) is 1.33. The molecule has 1 aromatic rings. The number of benzene rings is 1. The van der Waals surface area contributed by atoms with Crippen molar-refractivity contribution in [3.63, 3.8) is 0 Å². The fourth-order valence-electron chi connectivity index (χ4n) is 1.04. The summed E-state index contributed by atoms with van der Waals surface area (Å²) in [5.41, 5.74) is 1.14. The first kappa shape index (κ1) is 8.69. The summed E-state index contributed by atoms with van der Waals surface area (Å²) < 4.78 is 13.0. The predicted octanol–water partition coefficient (Wildman–Crippen LogP) is 1.50. The maximum atomic E-state index is 13.0. The number of aliphatic hydroxyl groups excluding tert-OH is 1. The molecule has 0 fully saturated rings. The van der Waals surface area contributed by atoms with Crippen LogP contribution < -0.4 is 0 Å². The zero-order valence-electron chi connectivity index (χ0n) is 6.63. The van der Waals surface area contributed by atoms with E-state index in [9.17, 15) is 4.39 Å². The molecule has 0 radical (unpaired) electrons. The van der Waals surface area contributed by atoms with Crippen LogP contribution in [0.15, 0.2) is 12.1 Å². The van der Waals surface area contributed by atoms with Crippen molar-refractivity contribution < 1.29 is 9.50 Å². The van der Waals surface area contributed by atoms with E-state index in [4.69, 9.17) is 10.4 Å². The van der Waals surface area contributed by atoms with E-state index in [1.54, 1.807) is 13.0 Å². The molecular weight excluding hydrogens is 157 g/mol. The van der Waals surface area contributed by atoms with Crippen molar-refractivity contribution >= 4 is 0 Å². The van der Waals surface area contributed by atoms with E-state index in [2.05, 4.69) is 0 Å². The lowest BCUT2D eigenvalue weighted by Crippen LogP contribution is -1.95. The van der Waals surface area contributed by atoms with Gasteiger partial charge in [-0.05, 0) is 24.6 Å². The normalized spacial score (nSPS) is 9.50. The molecule has 12 heavy (non-hydrogen) atoms. The largest absolute Gasteiger partial charge is 0.392 e. The van der Waals surface area contributed by atoms with Gasteiger partial charge in [-0.25, -0.2) is 4.39 Å². The van der Waals surface area contributed by atoms with Crippen LogP contribution in [-0.2, 0) is 6.61 Å². The zero-order valence-corrected chi connectivity index (χ0v) is 6.63. The maximum Gasteiger partial charge on any atom is 0.130 e. The third-order valence-corrected chi connectivity index (χ3v) is 1.71. The van der Waals surface area contributed by atoms with E-state index in [0.717, 1.165) is 6.07 Å². The number of aryl methyl sites for hydroxylation is 1. The van der Waals surface area contributed by atoms with E-state index in [1.165, 1.54) is 0 Å². The van der Waals surface area contributed by atoms with Gasteiger partial charge >= 0.3 is 0 Å². The molecule has 0 aliphatic carbocycles.